The van der Waals surface area contributed by atoms with Gasteiger partial charge < -0.3 is 24.8 Å². The van der Waals surface area contributed by atoms with Crippen molar-refractivity contribution in [3.63, 3.8) is 0 Å². The molecular formula is C27H34N6O5. The molecule has 11 heteroatoms. The molecule has 3 N–H and O–H groups in total. The number of aromatic nitrogens is 4. The van der Waals surface area contributed by atoms with Crippen LogP contribution in [-0.2, 0) is 9.53 Å². The normalized spacial score (nSPS) is 15.1. The molecule has 2 amide bonds. The lowest BCUT2D eigenvalue weighted by Crippen LogP contribution is -2.47. The molecule has 38 heavy (non-hydrogen) atoms. The zero-order valence-electron chi connectivity index (χ0n) is 22.5. The van der Waals surface area contributed by atoms with Crippen LogP contribution in [0.3, 0.4) is 0 Å². The summed E-state index contributed by atoms with van der Waals surface area (Å²) in [5, 5.41) is 13.7. The Morgan fingerprint density at radius 3 is 2.42 bits per heavy atom. The van der Waals surface area contributed by atoms with E-state index in [4.69, 9.17) is 9.15 Å². The van der Waals surface area contributed by atoms with Crippen LogP contribution >= 0.6 is 0 Å². The maximum Gasteiger partial charge on any atom is 0.329 e. The van der Waals surface area contributed by atoms with Gasteiger partial charge in [-0.2, -0.15) is 0 Å². The first-order chi connectivity index (χ1) is 17.9. The third-order valence-corrected chi connectivity index (χ3v) is 6.12. The Hall–Kier alpha value is -4.02. The van der Waals surface area contributed by atoms with Crippen LogP contribution in [-0.4, -0.2) is 55.6 Å². The lowest BCUT2D eigenvalue weighted by atomic mass is 10.0. The molecule has 202 valence electrons. The summed E-state index contributed by atoms with van der Waals surface area (Å²) in [6.45, 7) is 10.9. The van der Waals surface area contributed by atoms with Crippen molar-refractivity contribution in [1.82, 2.24) is 30.8 Å². The quantitative estimate of drug-likeness (QED) is 0.359. The molecule has 0 saturated heterocycles. The second-order valence-corrected chi connectivity index (χ2v) is 11.0. The summed E-state index contributed by atoms with van der Waals surface area (Å²) in [7, 11) is 0. The van der Waals surface area contributed by atoms with Crippen LogP contribution in [0, 0.1) is 11.8 Å². The van der Waals surface area contributed by atoms with Gasteiger partial charge in [0, 0.05) is 17.2 Å². The highest BCUT2D eigenvalue weighted by Crippen LogP contribution is 2.32. The average molecular weight is 523 g/mol. The molecule has 2 unspecified atom stereocenters. The summed E-state index contributed by atoms with van der Waals surface area (Å²) in [6, 6.07) is 6.38. The fourth-order valence-corrected chi connectivity index (χ4v) is 3.87. The van der Waals surface area contributed by atoms with Gasteiger partial charge in [0.25, 0.3) is 11.8 Å². The number of hydrogen-bond donors (Lipinski definition) is 3. The predicted molar refractivity (Wildman–Crippen MR) is 139 cm³/mol. The van der Waals surface area contributed by atoms with Crippen molar-refractivity contribution in [2.24, 2.45) is 11.8 Å². The Kier molecular flexibility index (Phi) is 7.66. The lowest BCUT2D eigenvalue weighted by Gasteiger charge is -2.26. The summed E-state index contributed by atoms with van der Waals surface area (Å²) < 4.78 is 11.2. The predicted octanol–water partition coefficient (Wildman–Crippen LogP) is 3.75. The highest BCUT2D eigenvalue weighted by Gasteiger charge is 2.31. The molecule has 3 aromatic rings. The number of hydrogen-bond acceptors (Lipinski definition) is 8. The van der Waals surface area contributed by atoms with E-state index in [1.807, 2.05) is 26.8 Å². The van der Waals surface area contributed by atoms with Crippen molar-refractivity contribution < 1.29 is 23.5 Å². The number of ether oxygens (including phenoxy) is 1. The molecule has 1 aliphatic carbocycles. The van der Waals surface area contributed by atoms with Gasteiger partial charge in [-0.3, -0.25) is 9.59 Å². The molecular weight excluding hydrogens is 488 g/mol. The molecule has 11 nitrogen and oxygen atoms in total. The number of carbonyl (C=O) groups is 3. The van der Waals surface area contributed by atoms with E-state index >= 15 is 0 Å². The van der Waals surface area contributed by atoms with Crippen LogP contribution in [0.5, 0.6) is 0 Å². The van der Waals surface area contributed by atoms with E-state index in [0.29, 0.717) is 22.9 Å². The number of esters is 1. The lowest BCUT2D eigenvalue weighted by molar-refractivity contribution is -0.158. The summed E-state index contributed by atoms with van der Waals surface area (Å²) >= 11 is 0. The number of amides is 2. The molecule has 0 radical (unpaired) electrons. The van der Waals surface area contributed by atoms with Crippen LogP contribution < -0.4 is 10.6 Å². The molecule has 1 saturated carbocycles. The first-order valence-electron chi connectivity index (χ1n) is 12.7. The van der Waals surface area contributed by atoms with Crippen molar-refractivity contribution in [2.45, 2.75) is 72.1 Å². The smallest absolute Gasteiger partial charge is 0.329 e. The van der Waals surface area contributed by atoms with E-state index in [2.05, 4.69) is 30.8 Å². The second kappa shape index (κ2) is 10.8. The summed E-state index contributed by atoms with van der Waals surface area (Å²) in [6.07, 6.45) is 3.56. The van der Waals surface area contributed by atoms with E-state index in [-0.39, 0.29) is 35.3 Å². The number of H-pyrrole nitrogens is 1. The van der Waals surface area contributed by atoms with Gasteiger partial charge in [-0.1, -0.05) is 26.0 Å². The zero-order valence-corrected chi connectivity index (χ0v) is 22.5. The highest BCUT2D eigenvalue weighted by atomic mass is 16.6. The monoisotopic (exact) mass is 522 g/mol. The summed E-state index contributed by atoms with van der Waals surface area (Å²) in [5.41, 5.74) is 0.583. The van der Waals surface area contributed by atoms with Crippen molar-refractivity contribution >= 4 is 17.8 Å². The highest BCUT2D eigenvalue weighted by molar-refractivity contribution is 5.94. The first kappa shape index (κ1) is 27.0. The number of benzene rings is 1. The molecule has 2 aromatic heterocycles. The van der Waals surface area contributed by atoms with Gasteiger partial charge in [0.05, 0.1) is 6.20 Å². The maximum absolute atomic E-state index is 12.8. The van der Waals surface area contributed by atoms with Crippen LogP contribution in [0.15, 0.2) is 34.9 Å². The van der Waals surface area contributed by atoms with Crippen LogP contribution in [0.1, 0.15) is 75.6 Å². The third kappa shape index (κ3) is 6.64. The van der Waals surface area contributed by atoms with Crippen molar-refractivity contribution in [2.75, 3.05) is 0 Å². The van der Waals surface area contributed by atoms with Gasteiger partial charge in [0.1, 0.15) is 11.6 Å². The van der Waals surface area contributed by atoms with Gasteiger partial charge in [-0.05, 0) is 64.5 Å². The number of oxazole rings is 1. The maximum atomic E-state index is 12.8. The van der Waals surface area contributed by atoms with Crippen molar-refractivity contribution in [3.05, 3.63) is 42.0 Å². The average Bonchev–Trinajstić information content (AvgIpc) is 3.37. The zero-order chi connectivity index (χ0) is 27.6. The van der Waals surface area contributed by atoms with Crippen molar-refractivity contribution in [1.29, 1.82) is 0 Å². The second-order valence-electron chi connectivity index (χ2n) is 11.0. The van der Waals surface area contributed by atoms with E-state index in [0.717, 1.165) is 12.8 Å². The van der Waals surface area contributed by atoms with Gasteiger partial charge in [0.2, 0.25) is 17.5 Å². The molecule has 2 heterocycles. The molecule has 4 rings (SSSR count). The molecule has 0 spiro atoms. The van der Waals surface area contributed by atoms with E-state index in [1.165, 1.54) is 6.20 Å². The number of nitrogens with one attached hydrogen (secondary N) is 3. The van der Waals surface area contributed by atoms with Crippen LogP contribution in [0.25, 0.3) is 22.8 Å². The number of aromatic amines is 1. The Labute approximate surface area is 221 Å². The van der Waals surface area contributed by atoms with Crippen LogP contribution in [0.2, 0.25) is 0 Å². The molecule has 1 aromatic carbocycles. The number of nitrogens with zero attached hydrogens (tertiary/aromatic N) is 3. The number of rotatable bonds is 9. The fourth-order valence-electron chi connectivity index (χ4n) is 3.87. The standard InChI is InChI=1S/C27H34N6O5/c1-14(2)20(26(36)38-27(4,5)6)30-23(34)19-13-28-25(37-19)18-9-7-8-17(12-18)21-31-22(33-32-21)24(35)29-15(3)16-10-11-16/h7-9,12-16,20H,10-11H2,1-6H3,(H,29,35)(H,30,34)(H,31,32,33). The minimum atomic E-state index is -0.844. The van der Waals surface area contributed by atoms with Gasteiger partial charge in [0.15, 0.2) is 5.82 Å². The summed E-state index contributed by atoms with van der Waals surface area (Å²) in [5.74, 6) is -0.331. The summed E-state index contributed by atoms with van der Waals surface area (Å²) in [4.78, 5) is 45.1. The van der Waals surface area contributed by atoms with Gasteiger partial charge in [-0.15, -0.1) is 10.2 Å². The topological polar surface area (TPSA) is 152 Å². The van der Waals surface area contributed by atoms with Crippen molar-refractivity contribution in [3.8, 4) is 22.8 Å². The number of carbonyl (C=O) groups excluding carboxylic acids is 3. The largest absolute Gasteiger partial charge is 0.458 e. The molecule has 1 aliphatic rings. The Balaban J connectivity index is 1.45. The first-order valence-corrected chi connectivity index (χ1v) is 12.7. The SMILES string of the molecule is CC(C)C(NC(=O)c1cnc(-c2cccc(-c3nnc(C(=O)NC(C)C4CC4)[nH]3)c2)o1)C(=O)OC(C)(C)C. The molecule has 1 fully saturated rings. The molecule has 0 bridgehead atoms. The molecule has 2 atom stereocenters. The van der Waals surface area contributed by atoms with E-state index < -0.39 is 23.5 Å². The van der Waals surface area contributed by atoms with E-state index in [9.17, 15) is 14.4 Å². The Morgan fingerprint density at radius 2 is 1.76 bits per heavy atom. The van der Waals surface area contributed by atoms with Gasteiger partial charge >= 0.3 is 5.97 Å². The Morgan fingerprint density at radius 1 is 1.05 bits per heavy atom. The third-order valence-electron chi connectivity index (χ3n) is 6.12. The van der Waals surface area contributed by atoms with E-state index in [1.54, 1.807) is 39.0 Å². The minimum absolute atomic E-state index is 0.0389. The minimum Gasteiger partial charge on any atom is -0.458 e. The fraction of sp³-hybridized carbons (Fsp3) is 0.481. The Bertz CT molecular complexity index is 1320. The molecule has 0 aliphatic heterocycles. The van der Waals surface area contributed by atoms with Gasteiger partial charge in [-0.25, -0.2) is 9.78 Å². The van der Waals surface area contributed by atoms with Crippen LogP contribution in [0.4, 0.5) is 0 Å².